The van der Waals surface area contributed by atoms with Crippen LogP contribution in [0.4, 0.5) is 19.4 Å². The average molecular weight is 767 g/mol. The van der Waals surface area contributed by atoms with E-state index < -0.39 is 11.6 Å². The number of hydrogen-bond acceptors (Lipinski definition) is 9. The van der Waals surface area contributed by atoms with Gasteiger partial charge in [0.25, 0.3) is 0 Å². The zero-order chi connectivity index (χ0) is 39.1. The molecule has 3 unspecified atom stereocenters. The van der Waals surface area contributed by atoms with Gasteiger partial charge in [0.15, 0.2) is 5.82 Å². The number of aromatic nitrogens is 3. The first-order chi connectivity index (χ1) is 27.1. The van der Waals surface area contributed by atoms with Gasteiger partial charge in [0.1, 0.15) is 35.2 Å². The predicted octanol–water partition coefficient (Wildman–Crippen LogP) is 8.32. The molecule has 2 aromatic heterocycles. The normalized spacial score (nSPS) is 23.4. The van der Waals surface area contributed by atoms with Crippen molar-refractivity contribution in [1.82, 2.24) is 24.8 Å². The summed E-state index contributed by atoms with van der Waals surface area (Å²) in [5.74, 6) is 2.79. The SMILES string of the molecule is C#Cc1c(F)ccc2cc(O)cc(-c3ncc4c(N5CCCC(C)C5)nc(OC)nc4c3F)c12.CC1CC2(CCN(C(=O)OCC3CCC4CCCN43)CC2)C1. The number of amides is 1. The summed E-state index contributed by atoms with van der Waals surface area (Å²) >= 11 is 0. The highest BCUT2D eigenvalue weighted by molar-refractivity contribution is 6.03. The van der Waals surface area contributed by atoms with Crippen molar-refractivity contribution in [1.29, 1.82) is 0 Å². The van der Waals surface area contributed by atoms with Crippen LogP contribution in [0.25, 0.3) is 32.9 Å². The maximum absolute atomic E-state index is 16.0. The van der Waals surface area contributed by atoms with Crippen LogP contribution in [0.3, 0.4) is 0 Å². The molecule has 4 saturated heterocycles. The maximum Gasteiger partial charge on any atom is 0.409 e. The highest BCUT2D eigenvalue weighted by Crippen LogP contribution is 2.52. The lowest BCUT2D eigenvalue weighted by Gasteiger charge is -2.51. The largest absolute Gasteiger partial charge is 0.508 e. The van der Waals surface area contributed by atoms with E-state index in [4.69, 9.17) is 15.9 Å². The van der Waals surface area contributed by atoms with E-state index in [1.165, 1.54) is 95.5 Å². The molecule has 56 heavy (non-hydrogen) atoms. The van der Waals surface area contributed by atoms with Crippen molar-refractivity contribution in [2.24, 2.45) is 17.3 Å². The molecule has 1 amide bonds. The lowest BCUT2D eigenvalue weighted by Crippen LogP contribution is -2.48. The Kier molecular flexibility index (Phi) is 10.7. The molecule has 6 heterocycles. The number of phenolic OH excluding ortho intramolecular Hbond substituents is 1. The van der Waals surface area contributed by atoms with E-state index in [1.54, 1.807) is 0 Å². The number of aromatic hydroxyl groups is 1. The lowest BCUT2D eigenvalue weighted by molar-refractivity contribution is -0.00909. The Morgan fingerprint density at radius 3 is 2.54 bits per heavy atom. The molecule has 3 atom stereocenters. The zero-order valence-corrected chi connectivity index (χ0v) is 32.7. The number of hydrogen-bond donors (Lipinski definition) is 1. The van der Waals surface area contributed by atoms with Gasteiger partial charge in [-0.05, 0) is 112 Å². The van der Waals surface area contributed by atoms with Gasteiger partial charge >= 0.3 is 12.1 Å². The smallest absolute Gasteiger partial charge is 0.409 e. The molecule has 1 aliphatic carbocycles. The van der Waals surface area contributed by atoms with E-state index in [0.717, 1.165) is 51.0 Å². The van der Waals surface area contributed by atoms with Gasteiger partial charge in [0.05, 0.1) is 18.1 Å². The quantitative estimate of drug-likeness (QED) is 0.201. The second-order valence-corrected chi connectivity index (χ2v) is 16.9. The van der Waals surface area contributed by atoms with Gasteiger partial charge in [0, 0.05) is 55.4 Å². The number of carbonyl (C=O) groups excluding carboxylic acids is 1. The molecule has 1 spiro atoms. The van der Waals surface area contributed by atoms with Crippen LogP contribution in [0, 0.1) is 41.2 Å². The van der Waals surface area contributed by atoms with Crippen molar-refractivity contribution in [2.45, 2.75) is 90.1 Å². The Bertz CT molecular complexity index is 2160. The zero-order valence-electron chi connectivity index (χ0n) is 32.7. The number of likely N-dealkylation sites (tertiary alicyclic amines) is 1. The van der Waals surface area contributed by atoms with Crippen LogP contribution in [0.15, 0.2) is 30.5 Å². The van der Waals surface area contributed by atoms with E-state index in [-0.39, 0.29) is 45.6 Å². The molecule has 0 radical (unpaired) electrons. The summed E-state index contributed by atoms with van der Waals surface area (Å²) in [5.41, 5.74) is 0.642. The number of methoxy groups -OCH3 is 1. The molecule has 296 valence electrons. The van der Waals surface area contributed by atoms with Crippen LogP contribution in [0.1, 0.15) is 83.6 Å². The first kappa shape index (κ1) is 38.1. The summed E-state index contributed by atoms with van der Waals surface area (Å²) in [4.78, 5) is 32.1. The van der Waals surface area contributed by atoms with Gasteiger partial charge in [-0.2, -0.15) is 9.97 Å². The maximum atomic E-state index is 16.0. The Labute approximate surface area is 327 Å². The number of pyridine rings is 1. The first-order valence-corrected chi connectivity index (χ1v) is 20.3. The number of halogens is 2. The third kappa shape index (κ3) is 7.31. The van der Waals surface area contributed by atoms with Gasteiger partial charge in [-0.15, -0.1) is 6.42 Å². The van der Waals surface area contributed by atoms with Crippen LogP contribution in [-0.2, 0) is 4.74 Å². The van der Waals surface area contributed by atoms with Gasteiger partial charge < -0.3 is 24.4 Å². The molecule has 0 bridgehead atoms. The molecular formula is C44H52F2N6O4. The van der Waals surface area contributed by atoms with E-state index >= 15 is 4.39 Å². The topological polar surface area (TPSA) is 104 Å². The van der Waals surface area contributed by atoms with Gasteiger partial charge in [-0.3, -0.25) is 9.88 Å². The molecular weight excluding hydrogens is 715 g/mol. The molecule has 10 nitrogen and oxygen atoms in total. The van der Waals surface area contributed by atoms with Crippen molar-refractivity contribution >= 4 is 33.6 Å². The van der Waals surface area contributed by atoms with Crippen molar-refractivity contribution in [3.63, 3.8) is 0 Å². The molecule has 1 N–H and O–H groups in total. The average Bonchev–Trinajstić information content (AvgIpc) is 3.82. The van der Waals surface area contributed by atoms with Crippen molar-refractivity contribution in [3.05, 3.63) is 47.7 Å². The Morgan fingerprint density at radius 1 is 1.02 bits per heavy atom. The third-order valence-electron chi connectivity index (χ3n) is 13.0. The first-order valence-electron chi connectivity index (χ1n) is 20.3. The third-order valence-corrected chi connectivity index (χ3v) is 13.0. The highest BCUT2D eigenvalue weighted by Gasteiger charge is 2.45. The number of benzene rings is 2. The van der Waals surface area contributed by atoms with Crippen LogP contribution >= 0.6 is 0 Å². The van der Waals surface area contributed by atoms with Crippen LogP contribution < -0.4 is 9.64 Å². The molecule has 1 saturated carbocycles. The van der Waals surface area contributed by atoms with Crippen molar-refractivity contribution in [3.8, 4) is 35.4 Å². The minimum Gasteiger partial charge on any atom is -0.508 e. The van der Waals surface area contributed by atoms with E-state index in [1.807, 2.05) is 4.90 Å². The lowest BCUT2D eigenvalue weighted by atomic mass is 9.58. The van der Waals surface area contributed by atoms with Crippen molar-refractivity contribution < 1.29 is 28.2 Å². The minimum atomic E-state index is -0.733. The molecule has 4 aliphatic heterocycles. The van der Waals surface area contributed by atoms with Gasteiger partial charge in [0.2, 0.25) is 0 Å². The molecule has 4 aromatic rings. The molecule has 5 fully saturated rings. The summed E-state index contributed by atoms with van der Waals surface area (Å²) in [7, 11) is 1.43. The summed E-state index contributed by atoms with van der Waals surface area (Å²) in [5, 5.41) is 11.5. The number of fused-ring (bicyclic) bond motifs is 3. The van der Waals surface area contributed by atoms with E-state index in [0.29, 0.717) is 40.6 Å². The molecule has 12 heteroatoms. The number of nitrogens with zero attached hydrogens (tertiary/aromatic N) is 6. The fraction of sp³-hybridized carbons (Fsp3) is 0.545. The minimum absolute atomic E-state index is 0.0280. The number of anilines is 1. The summed E-state index contributed by atoms with van der Waals surface area (Å²) in [6, 6.07) is 6.76. The number of terminal acetylenes is 1. The predicted molar refractivity (Wildman–Crippen MR) is 213 cm³/mol. The highest BCUT2D eigenvalue weighted by atomic mass is 19.1. The molecule has 5 aliphatic rings. The summed E-state index contributed by atoms with van der Waals surface area (Å²) in [6.45, 7) is 9.69. The number of rotatable bonds is 5. The van der Waals surface area contributed by atoms with E-state index in [9.17, 15) is 14.3 Å². The fourth-order valence-corrected chi connectivity index (χ4v) is 10.3. The Morgan fingerprint density at radius 2 is 1.80 bits per heavy atom. The number of carbonyl (C=O) groups is 1. The van der Waals surface area contributed by atoms with E-state index in [2.05, 4.69) is 44.5 Å². The number of piperidine rings is 2. The standard InChI is InChI=1S/C26H22F2N4O2.C18H30N2O2/c1-4-17-20(27)8-7-15-10-16(33)11-18(21(15)17)23-22(28)24-19(12-29-23)25(31-26(30-24)34-3)32-9-5-6-14(2)13-32;1-14-11-18(12-14)6-9-19(10-7-18)17(21)22-13-16-5-4-15-3-2-8-20(15)16/h1,7-8,10-12,14,33H,5-6,9,13H2,2-3H3;14-16H,2-13H2,1H3. The van der Waals surface area contributed by atoms with Gasteiger partial charge in [-0.1, -0.05) is 25.8 Å². The second-order valence-electron chi connectivity index (χ2n) is 16.9. The molecule has 2 aromatic carbocycles. The molecule has 9 rings (SSSR count). The Hall–Kier alpha value is -4.76. The summed E-state index contributed by atoms with van der Waals surface area (Å²) in [6.07, 6.45) is 19.4. The van der Waals surface area contributed by atoms with Crippen LogP contribution in [-0.4, -0.2) is 94.5 Å². The Balaban J connectivity index is 0.000000172. The van der Waals surface area contributed by atoms with Crippen LogP contribution in [0.5, 0.6) is 11.8 Å². The number of ether oxygens (including phenoxy) is 2. The number of phenols is 1. The monoisotopic (exact) mass is 766 g/mol. The second kappa shape index (κ2) is 15.6. The van der Waals surface area contributed by atoms with Crippen LogP contribution in [0.2, 0.25) is 0 Å². The fourth-order valence-electron chi connectivity index (χ4n) is 10.3. The summed E-state index contributed by atoms with van der Waals surface area (Å²) < 4.78 is 41.5. The van der Waals surface area contributed by atoms with Crippen molar-refractivity contribution in [2.75, 3.05) is 51.3 Å². The van der Waals surface area contributed by atoms with Gasteiger partial charge in [-0.25, -0.2) is 13.6 Å².